The van der Waals surface area contributed by atoms with Gasteiger partial charge in [0.05, 0.1) is 0 Å². The number of carboxylic acid groups (broad SMARTS) is 1. The summed E-state index contributed by atoms with van der Waals surface area (Å²) >= 11 is 2.35. The molecule has 1 unspecified atom stereocenters. The number of fused-ring (bicyclic) bond motifs is 1. The molecule has 2 aliphatic rings. The van der Waals surface area contributed by atoms with Crippen LogP contribution >= 0.6 is 23.1 Å². The number of nitrogens with one attached hydrogen (secondary N) is 1. The minimum absolute atomic E-state index is 0.165. The van der Waals surface area contributed by atoms with Crippen LogP contribution in [0.15, 0.2) is 21.8 Å². The maximum atomic E-state index is 12.7. The third kappa shape index (κ3) is 4.09. The fourth-order valence-electron chi connectivity index (χ4n) is 2.88. The summed E-state index contributed by atoms with van der Waals surface area (Å²) in [6.07, 6.45) is 0. The summed E-state index contributed by atoms with van der Waals surface area (Å²) in [6.45, 7) is 0.975. The van der Waals surface area contributed by atoms with Gasteiger partial charge >= 0.3 is 11.9 Å². The zero-order chi connectivity index (χ0) is 22.0. The van der Waals surface area contributed by atoms with Gasteiger partial charge in [0.15, 0.2) is 10.8 Å². The van der Waals surface area contributed by atoms with Crippen molar-refractivity contribution in [2.45, 2.75) is 18.3 Å². The molecule has 2 atom stereocenters. The first kappa shape index (κ1) is 21.6. The van der Waals surface area contributed by atoms with Crippen LogP contribution in [0.5, 0.6) is 0 Å². The Morgan fingerprint density at radius 3 is 2.77 bits per heavy atom. The van der Waals surface area contributed by atoms with Crippen molar-refractivity contribution < 1.29 is 33.9 Å². The van der Waals surface area contributed by atoms with Gasteiger partial charge in [0.25, 0.3) is 11.8 Å². The number of carbonyl (C=O) groups excluding carboxylic acids is 3. The van der Waals surface area contributed by atoms with Crippen LogP contribution in [0.1, 0.15) is 12.6 Å². The molecule has 3 heterocycles. The molecule has 1 aromatic rings. The number of carbonyl (C=O) groups is 4. The van der Waals surface area contributed by atoms with Gasteiger partial charge in [-0.3, -0.25) is 19.3 Å². The molecule has 2 aliphatic heterocycles. The Labute approximate surface area is 178 Å². The highest BCUT2D eigenvalue weighted by molar-refractivity contribution is 8.00. The van der Waals surface area contributed by atoms with Gasteiger partial charge in [0, 0.05) is 23.6 Å². The van der Waals surface area contributed by atoms with Crippen LogP contribution in [0.3, 0.4) is 0 Å². The molecule has 160 valence electrons. The number of amides is 2. The van der Waals surface area contributed by atoms with Gasteiger partial charge in [0.1, 0.15) is 36.5 Å². The molecule has 0 radical (unpaired) electrons. The second-order valence-electron chi connectivity index (χ2n) is 6.09. The molecule has 1 aromatic heterocycles. The highest BCUT2D eigenvalue weighted by Crippen LogP contribution is 2.40. The summed E-state index contributed by atoms with van der Waals surface area (Å²) in [6, 6.07) is -0.967. The Kier molecular flexibility index (Phi) is 6.26. The molecule has 0 saturated carbocycles. The van der Waals surface area contributed by atoms with Gasteiger partial charge < -0.3 is 25.7 Å². The molecule has 1 fully saturated rings. The molecule has 0 aromatic carbocycles. The summed E-state index contributed by atoms with van der Waals surface area (Å²) in [7, 11) is 1.25. The Balaban J connectivity index is 1.77. The van der Waals surface area contributed by atoms with Crippen molar-refractivity contribution in [3.63, 3.8) is 0 Å². The Bertz CT molecular complexity index is 973. The van der Waals surface area contributed by atoms with Crippen molar-refractivity contribution in [1.29, 1.82) is 0 Å². The molecule has 3 rings (SSSR count). The number of aliphatic carboxylic acids is 1. The van der Waals surface area contributed by atoms with E-state index in [1.807, 2.05) is 0 Å². The van der Waals surface area contributed by atoms with Crippen LogP contribution in [0, 0.1) is 0 Å². The summed E-state index contributed by atoms with van der Waals surface area (Å²) in [5, 5.41) is 16.9. The van der Waals surface area contributed by atoms with E-state index in [0.29, 0.717) is 5.57 Å². The number of oxime groups is 1. The van der Waals surface area contributed by atoms with Crippen LogP contribution in [0.2, 0.25) is 0 Å². The number of ether oxygens (including phenoxy) is 1. The van der Waals surface area contributed by atoms with E-state index < -0.39 is 35.2 Å². The van der Waals surface area contributed by atoms with Crippen molar-refractivity contribution in [2.24, 2.45) is 5.16 Å². The summed E-state index contributed by atoms with van der Waals surface area (Å²) in [5.41, 5.74) is 5.67. The van der Waals surface area contributed by atoms with Crippen LogP contribution < -0.4 is 11.1 Å². The van der Waals surface area contributed by atoms with Gasteiger partial charge in [-0.25, -0.2) is 9.78 Å². The first-order valence-electron chi connectivity index (χ1n) is 8.41. The fraction of sp³-hybridized carbons (Fsp3) is 0.375. The lowest BCUT2D eigenvalue weighted by Gasteiger charge is -2.49. The number of rotatable bonds is 7. The van der Waals surface area contributed by atoms with Gasteiger partial charge in [0.2, 0.25) is 0 Å². The maximum Gasteiger partial charge on any atom is 0.352 e. The number of hydrogen-bond acceptors (Lipinski definition) is 11. The number of thioether (sulfide) groups is 1. The zero-order valence-corrected chi connectivity index (χ0v) is 17.4. The summed E-state index contributed by atoms with van der Waals surface area (Å²) in [4.78, 5) is 57.8. The number of nitrogen functional groups attached to an aromatic ring is 1. The predicted molar refractivity (Wildman–Crippen MR) is 106 cm³/mol. The molecule has 12 nitrogen and oxygen atoms in total. The van der Waals surface area contributed by atoms with Crippen molar-refractivity contribution in [1.82, 2.24) is 15.2 Å². The van der Waals surface area contributed by atoms with E-state index in [1.54, 1.807) is 0 Å². The topological polar surface area (TPSA) is 174 Å². The third-order valence-corrected chi connectivity index (χ3v) is 6.16. The predicted octanol–water partition coefficient (Wildman–Crippen LogP) is -0.622. The number of esters is 1. The molecule has 30 heavy (non-hydrogen) atoms. The van der Waals surface area contributed by atoms with Crippen molar-refractivity contribution in [3.8, 4) is 0 Å². The van der Waals surface area contributed by atoms with E-state index in [0.717, 1.165) is 16.2 Å². The highest BCUT2D eigenvalue weighted by Gasteiger charge is 2.54. The number of β-lactam (4-membered cyclic amide) rings is 1. The fourth-order valence-corrected chi connectivity index (χ4v) is 4.76. The standard InChI is InChI=1S/C16H17N5O7S2/c1-6(22)28-3-7-4-29-14-10(13(24)21(14)11(7)15(25)26)19-12(23)9(20-27-2)8-5-30-16(17)18-8/h5,10,14H,3-4H2,1-2H3,(H2,17,18)(H,19,23)(H,25,26)/t10?,14-/m1/s1. The number of thiazole rings is 1. The van der Waals surface area contributed by atoms with Gasteiger partial charge in [-0.1, -0.05) is 5.16 Å². The van der Waals surface area contributed by atoms with E-state index in [-0.39, 0.29) is 34.6 Å². The number of hydrogen-bond donors (Lipinski definition) is 3. The Morgan fingerprint density at radius 2 is 2.20 bits per heavy atom. The van der Waals surface area contributed by atoms with Crippen LogP contribution in [0.4, 0.5) is 5.13 Å². The Hall–Kier alpha value is -3.13. The number of carboxylic acids is 1. The highest BCUT2D eigenvalue weighted by atomic mass is 32.2. The van der Waals surface area contributed by atoms with Gasteiger partial charge in [-0.15, -0.1) is 23.1 Å². The lowest BCUT2D eigenvalue weighted by Crippen LogP contribution is -2.71. The molecule has 0 aliphatic carbocycles. The molecule has 0 spiro atoms. The molecule has 1 saturated heterocycles. The zero-order valence-electron chi connectivity index (χ0n) is 15.8. The van der Waals surface area contributed by atoms with Crippen LogP contribution in [0.25, 0.3) is 0 Å². The number of aromatic nitrogens is 1. The average molecular weight is 455 g/mol. The number of nitrogens with zero attached hydrogens (tertiary/aromatic N) is 3. The SMILES string of the molecule is CON=C(C(=O)NC1C(=O)N2C(C(=O)O)=C(COC(C)=O)CS[C@H]12)c1csc(N)n1. The molecule has 4 N–H and O–H groups in total. The van der Waals surface area contributed by atoms with E-state index in [4.69, 9.17) is 10.5 Å². The lowest BCUT2D eigenvalue weighted by molar-refractivity contribution is -0.150. The molecule has 14 heteroatoms. The largest absolute Gasteiger partial charge is 0.477 e. The quantitative estimate of drug-likeness (QED) is 0.208. The minimum Gasteiger partial charge on any atom is -0.477 e. The van der Waals surface area contributed by atoms with E-state index in [2.05, 4.69) is 20.3 Å². The number of nitrogens with two attached hydrogens (primary N) is 1. The van der Waals surface area contributed by atoms with E-state index in [9.17, 15) is 24.3 Å². The molecule has 0 bridgehead atoms. The Morgan fingerprint density at radius 1 is 1.47 bits per heavy atom. The van der Waals surface area contributed by atoms with Crippen LogP contribution in [-0.4, -0.2) is 75.3 Å². The van der Waals surface area contributed by atoms with Crippen molar-refractivity contribution >= 4 is 57.7 Å². The second-order valence-corrected chi connectivity index (χ2v) is 8.09. The van der Waals surface area contributed by atoms with Crippen molar-refractivity contribution in [2.75, 3.05) is 25.2 Å². The number of anilines is 1. The smallest absolute Gasteiger partial charge is 0.352 e. The first-order chi connectivity index (χ1) is 14.2. The molecular weight excluding hydrogens is 438 g/mol. The average Bonchev–Trinajstić information content (AvgIpc) is 3.13. The van der Waals surface area contributed by atoms with E-state index in [1.165, 1.54) is 31.2 Å². The monoisotopic (exact) mass is 455 g/mol. The summed E-state index contributed by atoms with van der Waals surface area (Å²) in [5.74, 6) is -2.98. The van der Waals surface area contributed by atoms with E-state index >= 15 is 0 Å². The molecule has 2 amide bonds. The molecular formula is C16H17N5O7S2. The van der Waals surface area contributed by atoms with Crippen molar-refractivity contribution in [3.05, 3.63) is 22.3 Å². The van der Waals surface area contributed by atoms with Gasteiger partial charge in [-0.05, 0) is 0 Å². The first-order valence-corrected chi connectivity index (χ1v) is 10.3. The van der Waals surface area contributed by atoms with Crippen LogP contribution in [-0.2, 0) is 28.8 Å². The second kappa shape index (κ2) is 8.71. The third-order valence-electron chi connectivity index (χ3n) is 4.15. The summed E-state index contributed by atoms with van der Waals surface area (Å²) < 4.78 is 4.88. The lowest BCUT2D eigenvalue weighted by atomic mass is 10.0. The maximum absolute atomic E-state index is 12.7. The normalized spacial score (nSPS) is 20.9. The minimum atomic E-state index is -1.32. The van der Waals surface area contributed by atoms with Gasteiger partial charge in [-0.2, -0.15) is 0 Å².